The third-order valence-corrected chi connectivity index (χ3v) is 4.39. The third kappa shape index (κ3) is 8.32. The molecule has 184 valence electrons. The fourth-order valence-corrected chi connectivity index (χ4v) is 3.17. The van der Waals surface area contributed by atoms with Crippen LogP contribution in [-0.4, -0.2) is 67.2 Å². The minimum Gasteiger partial charge on any atom is -0.463 e. The summed E-state index contributed by atoms with van der Waals surface area (Å²) in [6.45, 7) is 4.02. The molecule has 11 nitrogen and oxygen atoms in total. The normalized spacial score (nSPS) is 24.1. The molecule has 1 fully saturated rings. The third-order valence-electron chi connectivity index (χ3n) is 4.39. The van der Waals surface area contributed by atoms with Crippen molar-refractivity contribution in [2.24, 2.45) is 0 Å². The molecule has 1 saturated heterocycles. The van der Waals surface area contributed by atoms with Crippen LogP contribution in [0.25, 0.3) is 6.08 Å². The minimum absolute atomic E-state index is 0.425. The Labute approximate surface area is 195 Å². The number of esters is 5. The monoisotopic (exact) mass is 478 g/mol. The van der Waals surface area contributed by atoms with Crippen LogP contribution in [0, 0.1) is 0 Å². The van der Waals surface area contributed by atoms with Gasteiger partial charge in [0.25, 0.3) is 0 Å². The lowest BCUT2D eigenvalue weighted by molar-refractivity contribution is -0.299. The van der Waals surface area contributed by atoms with E-state index in [0.717, 1.165) is 39.3 Å². The largest absolute Gasteiger partial charge is 0.463 e. The lowest BCUT2D eigenvalue weighted by Crippen LogP contribution is -2.63. The van der Waals surface area contributed by atoms with Crippen LogP contribution in [0.15, 0.2) is 36.4 Å². The fraction of sp³-hybridized carbons (Fsp3) is 0.435. The molecule has 0 radical (unpaired) electrons. The lowest BCUT2D eigenvalue weighted by Gasteiger charge is -2.43. The highest BCUT2D eigenvalue weighted by Gasteiger charge is 2.53. The molecule has 0 saturated carbocycles. The van der Waals surface area contributed by atoms with Gasteiger partial charge in [0.1, 0.15) is 12.7 Å². The van der Waals surface area contributed by atoms with Gasteiger partial charge < -0.3 is 28.4 Å². The zero-order chi connectivity index (χ0) is 25.3. The lowest BCUT2D eigenvalue weighted by atomic mass is 9.98. The van der Waals surface area contributed by atoms with E-state index in [1.54, 1.807) is 24.3 Å². The zero-order valence-electron chi connectivity index (χ0n) is 19.1. The molecule has 11 heteroatoms. The van der Waals surface area contributed by atoms with Gasteiger partial charge in [0, 0.05) is 33.8 Å². The summed E-state index contributed by atoms with van der Waals surface area (Å²) < 4.78 is 31.7. The first-order valence-electron chi connectivity index (χ1n) is 10.3. The maximum Gasteiger partial charge on any atom is 0.333 e. The maximum atomic E-state index is 12.5. The topological polar surface area (TPSA) is 141 Å². The van der Waals surface area contributed by atoms with Crippen molar-refractivity contribution in [1.29, 1.82) is 0 Å². The number of carbonyl (C=O) groups excluding carboxylic acids is 5. The van der Waals surface area contributed by atoms with Crippen LogP contribution in [0.2, 0.25) is 0 Å². The quantitative estimate of drug-likeness (QED) is 0.303. The second kappa shape index (κ2) is 12.5. The standard InChI is InChI=1S/C23H26O11/c1-13(24)29-12-18-20(30-14(2)25)21(31-15(3)26)22(32-16(4)27)23(33-18)34-19(28)11-10-17-8-6-5-7-9-17/h5-11,18,20-23H,12H2,1-4H3/b11-10+/t18-,20+,21+,22-,23+/m1/s1. The molecular weight excluding hydrogens is 452 g/mol. The van der Waals surface area contributed by atoms with Crippen molar-refractivity contribution >= 4 is 35.9 Å². The summed E-state index contributed by atoms with van der Waals surface area (Å²) in [5, 5.41) is 0. The molecule has 1 aliphatic rings. The maximum absolute atomic E-state index is 12.5. The Morgan fingerprint density at radius 3 is 1.88 bits per heavy atom. The van der Waals surface area contributed by atoms with E-state index in [4.69, 9.17) is 28.4 Å². The van der Waals surface area contributed by atoms with Crippen LogP contribution >= 0.6 is 0 Å². The van der Waals surface area contributed by atoms with E-state index in [9.17, 15) is 24.0 Å². The van der Waals surface area contributed by atoms with Gasteiger partial charge in [-0.1, -0.05) is 30.3 Å². The van der Waals surface area contributed by atoms with Crippen LogP contribution in [-0.2, 0) is 52.4 Å². The van der Waals surface area contributed by atoms with E-state index in [2.05, 4.69) is 0 Å². The van der Waals surface area contributed by atoms with E-state index in [1.807, 2.05) is 6.07 Å². The van der Waals surface area contributed by atoms with E-state index in [-0.39, 0.29) is 0 Å². The number of benzene rings is 1. The highest BCUT2D eigenvalue weighted by molar-refractivity contribution is 5.87. The summed E-state index contributed by atoms with van der Waals surface area (Å²) >= 11 is 0. The molecule has 0 unspecified atom stereocenters. The number of hydrogen-bond donors (Lipinski definition) is 0. The van der Waals surface area contributed by atoms with Gasteiger partial charge in [-0.15, -0.1) is 0 Å². The van der Waals surface area contributed by atoms with Gasteiger partial charge in [0.2, 0.25) is 12.4 Å². The highest BCUT2D eigenvalue weighted by atomic mass is 16.7. The van der Waals surface area contributed by atoms with E-state index in [0.29, 0.717) is 0 Å². The number of carbonyl (C=O) groups is 5. The Bertz CT molecular complexity index is 924. The van der Waals surface area contributed by atoms with Crippen LogP contribution in [0.1, 0.15) is 33.3 Å². The Morgan fingerprint density at radius 2 is 1.32 bits per heavy atom. The predicted octanol–water partition coefficient (Wildman–Crippen LogP) is 1.33. The van der Waals surface area contributed by atoms with Crippen molar-refractivity contribution in [1.82, 2.24) is 0 Å². The molecule has 1 heterocycles. The molecule has 1 aromatic carbocycles. The van der Waals surface area contributed by atoms with Crippen LogP contribution < -0.4 is 0 Å². The van der Waals surface area contributed by atoms with Crippen molar-refractivity contribution in [3.05, 3.63) is 42.0 Å². The average Bonchev–Trinajstić information content (AvgIpc) is 2.75. The molecule has 0 spiro atoms. The predicted molar refractivity (Wildman–Crippen MR) is 114 cm³/mol. The van der Waals surface area contributed by atoms with Gasteiger partial charge in [-0.05, 0) is 11.6 Å². The van der Waals surface area contributed by atoms with Gasteiger partial charge in [0.15, 0.2) is 12.2 Å². The highest BCUT2D eigenvalue weighted by Crippen LogP contribution is 2.30. The van der Waals surface area contributed by atoms with Crippen molar-refractivity contribution in [2.75, 3.05) is 6.61 Å². The molecule has 5 atom stereocenters. The van der Waals surface area contributed by atoms with Gasteiger partial charge >= 0.3 is 29.8 Å². The first-order chi connectivity index (χ1) is 16.1. The fourth-order valence-electron chi connectivity index (χ4n) is 3.17. The van der Waals surface area contributed by atoms with E-state index in [1.165, 1.54) is 6.08 Å². The molecule has 2 rings (SSSR count). The molecule has 0 amide bonds. The van der Waals surface area contributed by atoms with E-state index < -0.39 is 67.2 Å². The Kier molecular flexibility index (Phi) is 9.75. The number of rotatable bonds is 8. The summed E-state index contributed by atoms with van der Waals surface area (Å²) in [6.07, 6.45) is -4.39. The van der Waals surface area contributed by atoms with Crippen molar-refractivity contribution in [3.8, 4) is 0 Å². The van der Waals surface area contributed by atoms with Crippen LogP contribution in [0.5, 0.6) is 0 Å². The summed E-state index contributed by atoms with van der Waals surface area (Å²) in [6, 6.07) is 8.90. The first kappa shape index (κ1) is 26.5. The molecule has 34 heavy (non-hydrogen) atoms. The van der Waals surface area contributed by atoms with Crippen molar-refractivity contribution < 1.29 is 52.4 Å². The SMILES string of the molecule is CC(=O)OC[C@H]1O[C@@H](OC(=O)/C=C/c2ccccc2)[C@H](OC(C)=O)[C@@H](OC(C)=O)[C@H]1OC(C)=O. The molecule has 0 bridgehead atoms. The molecular formula is C23H26O11. The Balaban J connectivity index is 2.35. The average molecular weight is 478 g/mol. The first-order valence-corrected chi connectivity index (χ1v) is 10.3. The molecule has 0 aliphatic carbocycles. The second-order valence-corrected chi connectivity index (χ2v) is 7.25. The zero-order valence-corrected chi connectivity index (χ0v) is 19.1. The van der Waals surface area contributed by atoms with Crippen LogP contribution in [0.3, 0.4) is 0 Å². The summed E-state index contributed by atoms with van der Waals surface area (Å²) in [4.78, 5) is 59.1. The number of ether oxygens (including phenoxy) is 6. The molecule has 0 N–H and O–H groups in total. The van der Waals surface area contributed by atoms with E-state index >= 15 is 0 Å². The van der Waals surface area contributed by atoms with Crippen LogP contribution in [0.4, 0.5) is 0 Å². The minimum atomic E-state index is -1.58. The summed E-state index contributed by atoms with van der Waals surface area (Å²) in [5.41, 5.74) is 0.723. The Hall–Kier alpha value is -3.73. The summed E-state index contributed by atoms with van der Waals surface area (Å²) in [5.74, 6) is -3.87. The van der Waals surface area contributed by atoms with Gasteiger partial charge in [0.05, 0.1) is 0 Å². The molecule has 1 aromatic rings. The number of hydrogen-bond acceptors (Lipinski definition) is 11. The van der Waals surface area contributed by atoms with Crippen molar-refractivity contribution in [2.45, 2.75) is 58.4 Å². The van der Waals surface area contributed by atoms with Crippen molar-refractivity contribution in [3.63, 3.8) is 0 Å². The molecule has 0 aromatic heterocycles. The summed E-state index contributed by atoms with van der Waals surface area (Å²) in [7, 11) is 0. The smallest absolute Gasteiger partial charge is 0.333 e. The van der Waals surface area contributed by atoms with Gasteiger partial charge in [-0.2, -0.15) is 0 Å². The van der Waals surface area contributed by atoms with Gasteiger partial charge in [-0.3, -0.25) is 19.2 Å². The second-order valence-electron chi connectivity index (χ2n) is 7.25. The molecule has 1 aliphatic heterocycles. The van der Waals surface area contributed by atoms with Gasteiger partial charge in [-0.25, -0.2) is 4.79 Å². The Morgan fingerprint density at radius 1 is 0.765 bits per heavy atom.